The summed E-state index contributed by atoms with van der Waals surface area (Å²) in [7, 11) is 0. The van der Waals surface area contributed by atoms with Gasteiger partial charge in [-0.1, -0.05) is 54.6 Å². The standard InChI is InChI=1S/C17H16ClNO2/c1-2-10-21-16-9-8-14(18)12-15(16)19-17(20)11-13-6-4-3-5-7-13/h2-9,12H,1,10-11H2,(H,19,20). The number of nitrogens with one attached hydrogen (secondary N) is 1. The zero-order chi connectivity index (χ0) is 15.1. The van der Waals surface area contributed by atoms with Gasteiger partial charge in [0.2, 0.25) is 5.91 Å². The smallest absolute Gasteiger partial charge is 0.228 e. The minimum Gasteiger partial charge on any atom is -0.487 e. The van der Waals surface area contributed by atoms with Gasteiger partial charge in [-0.05, 0) is 23.8 Å². The molecule has 3 nitrogen and oxygen atoms in total. The average molecular weight is 302 g/mol. The molecular formula is C17H16ClNO2. The Balaban J connectivity index is 2.08. The van der Waals surface area contributed by atoms with Crippen LogP contribution in [0.15, 0.2) is 61.2 Å². The molecule has 0 aromatic heterocycles. The maximum atomic E-state index is 12.1. The molecule has 2 aromatic carbocycles. The average Bonchev–Trinajstić information content (AvgIpc) is 2.47. The number of hydrogen-bond donors (Lipinski definition) is 1. The van der Waals surface area contributed by atoms with Crippen LogP contribution in [0.2, 0.25) is 5.02 Å². The predicted octanol–water partition coefficient (Wildman–Crippen LogP) is 4.09. The quantitative estimate of drug-likeness (QED) is 0.816. The predicted molar refractivity (Wildman–Crippen MR) is 85.9 cm³/mol. The highest BCUT2D eigenvalue weighted by atomic mass is 35.5. The van der Waals surface area contributed by atoms with Crippen molar-refractivity contribution in [2.24, 2.45) is 0 Å². The first-order chi connectivity index (χ1) is 10.2. The second kappa shape index (κ2) is 7.50. The summed E-state index contributed by atoms with van der Waals surface area (Å²) in [6.07, 6.45) is 1.94. The molecule has 0 aliphatic heterocycles. The van der Waals surface area contributed by atoms with Gasteiger partial charge in [0.05, 0.1) is 12.1 Å². The van der Waals surface area contributed by atoms with Crippen LogP contribution >= 0.6 is 11.6 Å². The van der Waals surface area contributed by atoms with Gasteiger partial charge < -0.3 is 10.1 Å². The summed E-state index contributed by atoms with van der Waals surface area (Å²) in [5.41, 5.74) is 1.51. The lowest BCUT2D eigenvalue weighted by Crippen LogP contribution is -2.15. The molecule has 0 heterocycles. The Morgan fingerprint density at radius 3 is 2.71 bits per heavy atom. The second-order valence-electron chi connectivity index (χ2n) is 4.45. The number of carbonyl (C=O) groups excluding carboxylic acids is 1. The van der Waals surface area contributed by atoms with Crippen LogP contribution in [-0.4, -0.2) is 12.5 Å². The van der Waals surface area contributed by atoms with Crippen molar-refractivity contribution < 1.29 is 9.53 Å². The molecule has 0 unspecified atom stereocenters. The molecular weight excluding hydrogens is 286 g/mol. The Kier molecular flexibility index (Phi) is 5.41. The summed E-state index contributed by atoms with van der Waals surface area (Å²) in [6, 6.07) is 14.7. The summed E-state index contributed by atoms with van der Waals surface area (Å²) in [5.74, 6) is 0.452. The van der Waals surface area contributed by atoms with Crippen LogP contribution in [0.25, 0.3) is 0 Å². The molecule has 1 N–H and O–H groups in total. The number of benzene rings is 2. The topological polar surface area (TPSA) is 38.3 Å². The summed E-state index contributed by atoms with van der Waals surface area (Å²) < 4.78 is 5.50. The Morgan fingerprint density at radius 1 is 1.24 bits per heavy atom. The van der Waals surface area contributed by atoms with E-state index in [-0.39, 0.29) is 5.91 Å². The molecule has 1 amide bonds. The minimum absolute atomic E-state index is 0.119. The van der Waals surface area contributed by atoms with Gasteiger partial charge in [0.25, 0.3) is 0 Å². The zero-order valence-corrected chi connectivity index (χ0v) is 12.3. The third kappa shape index (κ3) is 4.65. The molecule has 2 aromatic rings. The van der Waals surface area contributed by atoms with Gasteiger partial charge >= 0.3 is 0 Å². The normalized spacial score (nSPS) is 9.95. The minimum atomic E-state index is -0.119. The first-order valence-corrected chi connectivity index (χ1v) is 6.94. The van der Waals surface area contributed by atoms with Gasteiger partial charge in [-0.25, -0.2) is 0 Å². The summed E-state index contributed by atoms with van der Waals surface area (Å²) in [5, 5.41) is 3.36. The van der Waals surface area contributed by atoms with E-state index in [2.05, 4.69) is 11.9 Å². The van der Waals surface area contributed by atoms with Crippen LogP contribution in [0.1, 0.15) is 5.56 Å². The van der Waals surface area contributed by atoms with Crippen LogP contribution in [0.4, 0.5) is 5.69 Å². The van der Waals surface area contributed by atoms with E-state index in [1.54, 1.807) is 24.3 Å². The molecule has 0 spiro atoms. The van der Waals surface area contributed by atoms with Crippen molar-refractivity contribution in [3.8, 4) is 5.75 Å². The van der Waals surface area contributed by atoms with Gasteiger partial charge in [0.15, 0.2) is 0 Å². The van der Waals surface area contributed by atoms with E-state index in [0.29, 0.717) is 29.5 Å². The van der Waals surface area contributed by atoms with Crippen LogP contribution in [-0.2, 0) is 11.2 Å². The van der Waals surface area contributed by atoms with Gasteiger partial charge in [0.1, 0.15) is 12.4 Å². The number of halogens is 1. The van der Waals surface area contributed by atoms with E-state index in [1.807, 2.05) is 30.3 Å². The number of anilines is 1. The Bertz CT molecular complexity index is 626. The fourth-order valence-electron chi connectivity index (χ4n) is 1.85. The van der Waals surface area contributed by atoms with Crippen molar-refractivity contribution >= 4 is 23.2 Å². The lowest BCUT2D eigenvalue weighted by molar-refractivity contribution is -0.115. The lowest BCUT2D eigenvalue weighted by Gasteiger charge is -2.12. The zero-order valence-electron chi connectivity index (χ0n) is 11.5. The Labute approximate surface area is 129 Å². The first kappa shape index (κ1) is 15.1. The SMILES string of the molecule is C=CCOc1ccc(Cl)cc1NC(=O)Cc1ccccc1. The Morgan fingerprint density at radius 2 is 2.00 bits per heavy atom. The highest BCUT2D eigenvalue weighted by Crippen LogP contribution is 2.28. The largest absolute Gasteiger partial charge is 0.487 e. The monoisotopic (exact) mass is 301 g/mol. The third-order valence-electron chi connectivity index (χ3n) is 2.78. The van der Waals surface area contributed by atoms with E-state index >= 15 is 0 Å². The van der Waals surface area contributed by atoms with Crippen molar-refractivity contribution in [3.05, 3.63) is 71.8 Å². The fraction of sp³-hybridized carbons (Fsp3) is 0.118. The van der Waals surface area contributed by atoms with Crippen molar-refractivity contribution in [3.63, 3.8) is 0 Å². The number of amides is 1. The fourth-order valence-corrected chi connectivity index (χ4v) is 2.02. The van der Waals surface area contributed by atoms with Crippen molar-refractivity contribution in [2.45, 2.75) is 6.42 Å². The van der Waals surface area contributed by atoms with Gasteiger partial charge in [-0.3, -0.25) is 4.79 Å². The van der Waals surface area contributed by atoms with E-state index < -0.39 is 0 Å². The summed E-state index contributed by atoms with van der Waals surface area (Å²) >= 11 is 5.97. The van der Waals surface area contributed by atoms with Crippen molar-refractivity contribution in [1.82, 2.24) is 0 Å². The number of ether oxygens (including phenoxy) is 1. The molecule has 0 radical (unpaired) electrons. The maximum absolute atomic E-state index is 12.1. The molecule has 0 saturated carbocycles. The molecule has 108 valence electrons. The van der Waals surface area contributed by atoms with Crippen molar-refractivity contribution in [2.75, 3.05) is 11.9 Å². The Hall–Kier alpha value is -2.26. The number of hydrogen-bond acceptors (Lipinski definition) is 2. The molecule has 0 fully saturated rings. The van der Waals surface area contributed by atoms with Gasteiger partial charge in [0, 0.05) is 5.02 Å². The molecule has 0 aliphatic rings. The van der Waals surface area contributed by atoms with Crippen LogP contribution in [0.3, 0.4) is 0 Å². The molecule has 0 bridgehead atoms. The summed E-state index contributed by atoms with van der Waals surface area (Å²) in [6.45, 7) is 3.97. The van der Waals surface area contributed by atoms with Crippen LogP contribution < -0.4 is 10.1 Å². The molecule has 4 heteroatoms. The molecule has 0 aliphatic carbocycles. The highest BCUT2D eigenvalue weighted by molar-refractivity contribution is 6.31. The molecule has 0 saturated heterocycles. The number of rotatable bonds is 6. The maximum Gasteiger partial charge on any atom is 0.228 e. The van der Waals surface area contributed by atoms with Crippen LogP contribution in [0.5, 0.6) is 5.75 Å². The molecule has 21 heavy (non-hydrogen) atoms. The second-order valence-corrected chi connectivity index (χ2v) is 4.89. The van der Waals surface area contributed by atoms with Crippen LogP contribution in [0, 0.1) is 0 Å². The molecule has 0 atom stereocenters. The first-order valence-electron chi connectivity index (χ1n) is 6.56. The highest BCUT2D eigenvalue weighted by Gasteiger charge is 2.09. The van der Waals surface area contributed by atoms with E-state index in [0.717, 1.165) is 5.56 Å². The third-order valence-corrected chi connectivity index (χ3v) is 3.01. The van der Waals surface area contributed by atoms with E-state index in [1.165, 1.54) is 0 Å². The van der Waals surface area contributed by atoms with E-state index in [4.69, 9.17) is 16.3 Å². The summed E-state index contributed by atoms with van der Waals surface area (Å²) in [4.78, 5) is 12.1. The van der Waals surface area contributed by atoms with Gasteiger partial charge in [-0.2, -0.15) is 0 Å². The van der Waals surface area contributed by atoms with Crippen molar-refractivity contribution in [1.29, 1.82) is 0 Å². The lowest BCUT2D eigenvalue weighted by atomic mass is 10.1. The molecule has 2 rings (SSSR count). The number of carbonyl (C=O) groups is 1. The van der Waals surface area contributed by atoms with Gasteiger partial charge in [-0.15, -0.1) is 0 Å². The van der Waals surface area contributed by atoms with E-state index in [9.17, 15) is 4.79 Å².